The molecule has 7 N–H and O–H groups in total. The monoisotopic (exact) mass is 457 g/mol. The maximum atomic E-state index is 12.7. The van der Waals surface area contributed by atoms with E-state index in [1.54, 1.807) is 0 Å². The van der Waals surface area contributed by atoms with Crippen LogP contribution in [0.15, 0.2) is 36.4 Å². The second-order valence-electron chi connectivity index (χ2n) is 7.38. The second kappa shape index (κ2) is 7.79. The number of ether oxygens (including phenoxy) is 2. The van der Waals surface area contributed by atoms with Crippen molar-refractivity contribution in [3.63, 3.8) is 0 Å². The van der Waals surface area contributed by atoms with E-state index in [1.807, 2.05) is 0 Å². The SMILES string of the molecule is O=C(O[C@@H]1Cc2c(O)cc(O)cc2O[C@@H]1c1cc(O)c([O-])c(O)c1)c1cc(O)c(O)c(O)c1. The standard InChI is InChI=1S/C22H18O11/c23-10-5-12(24)11-7-18(33-22(31)9-3-15(27)20(30)16(28)4-9)21(32-17(11)6-10)8-1-13(25)19(29)14(26)2-8/h1-6,18,21,23-30H,7H2/p-1/t18-,21-/m1/s1. The molecule has 1 aliphatic rings. The number of carbonyl (C=O) groups is 1. The molecule has 1 heterocycles. The summed E-state index contributed by atoms with van der Waals surface area (Å²) in [6.07, 6.45) is -2.55. The molecule has 0 bridgehead atoms. The minimum absolute atomic E-state index is 0.0369. The Morgan fingerprint density at radius 2 is 1.45 bits per heavy atom. The molecule has 2 atom stereocenters. The second-order valence-corrected chi connectivity index (χ2v) is 7.38. The fraction of sp³-hybridized carbons (Fsp3) is 0.136. The Bertz CT molecular complexity index is 1220. The van der Waals surface area contributed by atoms with Gasteiger partial charge in [-0.1, -0.05) is 0 Å². The van der Waals surface area contributed by atoms with Crippen LogP contribution in [0.25, 0.3) is 0 Å². The fourth-order valence-electron chi connectivity index (χ4n) is 3.55. The molecule has 0 amide bonds. The molecule has 0 spiro atoms. The van der Waals surface area contributed by atoms with Gasteiger partial charge in [-0.25, -0.2) is 4.79 Å². The number of rotatable bonds is 3. The Kier molecular flexibility index (Phi) is 5.09. The maximum absolute atomic E-state index is 12.7. The average molecular weight is 457 g/mol. The molecule has 0 aromatic heterocycles. The van der Waals surface area contributed by atoms with Gasteiger partial charge in [0.25, 0.3) is 0 Å². The number of carbonyl (C=O) groups excluding carboxylic acids is 1. The average Bonchev–Trinajstić information content (AvgIpc) is 2.75. The molecule has 3 aromatic carbocycles. The van der Waals surface area contributed by atoms with Gasteiger partial charge in [-0.05, 0) is 30.0 Å². The molecular weight excluding hydrogens is 440 g/mol. The molecule has 0 unspecified atom stereocenters. The normalized spacial score (nSPS) is 17.1. The van der Waals surface area contributed by atoms with Crippen LogP contribution >= 0.6 is 0 Å². The summed E-state index contributed by atoms with van der Waals surface area (Å²) < 4.78 is 11.2. The van der Waals surface area contributed by atoms with Crippen molar-refractivity contribution >= 4 is 5.97 Å². The van der Waals surface area contributed by atoms with Crippen LogP contribution in [0.2, 0.25) is 0 Å². The number of aromatic hydroxyl groups is 7. The Balaban J connectivity index is 1.75. The Morgan fingerprint density at radius 1 is 0.848 bits per heavy atom. The van der Waals surface area contributed by atoms with E-state index in [0.29, 0.717) is 0 Å². The first-order chi connectivity index (χ1) is 15.5. The van der Waals surface area contributed by atoms with Gasteiger partial charge < -0.3 is 50.3 Å². The highest BCUT2D eigenvalue weighted by atomic mass is 16.6. The first-order valence-corrected chi connectivity index (χ1v) is 9.45. The van der Waals surface area contributed by atoms with Crippen LogP contribution < -0.4 is 9.84 Å². The lowest BCUT2D eigenvalue weighted by molar-refractivity contribution is -0.272. The number of fused-ring (bicyclic) bond motifs is 1. The van der Waals surface area contributed by atoms with Gasteiger partial charge >= 0.3 is 5.97 Å². The molecule has 11 nitrogen and oxygen atoms in total. The summed E-state index contributed by atoms with van der Waals surface area (Å²) in [5.41, 5.74) is -0.0812. The Hall–Kier alpha value is -4.67. The van der Waals surface area contributed by atoms with Gasteiger partial charge in [-0.15, -0.1) is 0 Å². The van der Waals surface area contributed by atoms with Gasteiger partial charge in [0.2, 0.25) is 0 Å². The van der Waals surface area contributed by atoms with Crippen LogP contribution in [0.4, 0.5) is 0 Å². The lowest BCUT2D eigenvalue weighted by atomic mass is 9.93. The predicted octanol–water partition coefficient (Wildman–Crippen LogP) is 1.60. The van der Waals surface area contributed by atoms with Gasteiger partial charge in [0.05, 0.1) is 5.56 Å². The number of esters is 1. The summed E-state index contributed by atoms with van der Waals surface area (Å²) in [4.78, 5) is 12.7. The Morgan fingerprint density at radius 3 is 2.06 bits per heavy atom. The highest BCUT2D eigenvalue weighted by Gasteiger charge is 2.37. The first kappa shape index (κ1) is 21.6. The molecule has 0 radical (unpaired) electrons. The summed E-state index contributed by atoms with van der Waals surface area (Å²) in [5, 5.41) is 80.1. The van der Waals surface area contributed by atoms with E-state index in [2.05, 4.69) is 0 Å². The fourth-order valence-corrected chi connectivity index (χ4v) is 3.55. The van der Waals surface area contributed by atoms with Crippen molar-refractivity contribution in [3.05, 3.63) is 53.1 Å². The minimum atomic E-state index is -1.21. The molecule has 11 heteroatoms. The van der Waals surface area contributed by atoms with E-state index in [1.165, 1.54) is 6.07 Å². The smallest absolute Gasteiger partial charge is 0.338 e. The van der Waals surface area contributed by atoms with E-state index < -0.39 is 52.7 Å². The summed E-state index contributed by atoms with van der Waals surface area (Å²) in [6, 6.07) is 6.02. The molecule has 4 rings (SSSR count). The van der Waals surface area contributed by atoms with E-state index in [0.717, 1.165) is 30.3 Å². The molecule has 0 aliphatic carbocycles. The summed E-state index contributed by atoms with van der Waals surface area (Å²) in [5.74, 6) is -6.60. The van der Waals surface area contributed by atoms with Gasteiger partial charge in [0.1, 0.15) is 34.9 Å². The zero-order chi connectivity index (χ0) is 24.0. The van der Waals surface area contributed by atoms with Crippen molar-refractivity contribution in [3.8, 4) is 51.7 Å². The molecule has 0 fully saturated rings. The summed E-state index contributed by atoms with van der Waals surface area (Å²) >= 11 is 0. The first-order valence-electron chi connectivity index (χ1n) is 9.45. The molecule has 3 aromatic rings. The number of phenolic OH excluding ortho intramolecular Hbond substituents is 7. The zero-order valence-electron chi connectivity index (χ0n) is 16.6. The van der Waals surface area contributed by atoms with Crippen LogP contribution in [0.1, 0.15) is 27.6 Å². The minimum Gasteiger partial charge on any atom is -0.867 e. The van der Waals surface area contributed by atoms with E-state index in [-0.39, 0.29) is 40.4 Å². The van der Waals surface area contributed by atoms with Crippen molar-refractivity contribution in [2.75, 3.05) is 0 Å². The highest BCUT2D eigenvalue weighted by Crippen LogP contribution is 2.45. The van der Waals surface area contributed by atoms with Crippen LogP contribution in [0.5, 0.6) is 51.7 Å². The molecule has 1 aliphatic heterocycles. The van der Waals surface area contributed by atoms with E-state index in [9.17, 15) is 45.6 Å². The van der Waals surface area contributed by atoms with Crippen LogP contribution in [-0.2, 0) is 11.2 Å². The van der Waals surface area contributed by atoms with Gasteiger partial charge in [0.15, 0.2) is 23.4 Å². The predicted molar refractivity (Wildman–Crippen MR) is 107 cm³/mol. The van der Waals surface area contributed by atoms with Crippen molar-refractivity contribution in [1.82, 2.24) is 0 Å². The van der Waals surface area contributed by atoms with Crippen molar-refractivity contribution < 1.29 is 55.1 Å². The number of phenols is 7. The van der Waals surface area contributed by atoms with Gasteiger partial charge in [0, 0.05) is 29.7 Å². The van der Waals surface area contributed by atoms with Crippen LogP contribution in [0, 0.1) is 0 Å². The third-order valence-corrected chi connectivity index (χ3v) is 5.13. The van der Waals surface area contributed by atoms with Crippen LogP contribution in [0.3, 0.4) is 0 Å². The van der Waals surface area contributed by atoms with Gasteiger partial charge in [-0.3, -0.25) is 0 Å². The van der Waals surface area contributed by atoms with Crippen LogP contribution in [-0.4, -0.2) is 47.8 Å². The zero-order valence-corrected chi connectivity index (χ0v) is 16.6. The summed E-state index contributed by atoms with van der Waals surface area (Å²) in [6.45, 7) is 0. The van der Waals surface area contributed by atoms with Crippen molar-refractivity contribution in [1.29, 1.82) is 0 Å². The van der Waals surface area contributed by atoms with E-state index >= 15 is 0 Å². The molecule has 33 heavy (non-hydrogen) atoms. The number of hydrogen-bond acceptors (Lipinski definition) is 11. The molecular formula is C22H17O11-. The molecule has 0 saturated carbocycles. The lowest BCUT2D eigenvalue weighted by Gasteiger charge is -2.34. The molecule has 0 saturated heterocycles. The van der Waals surface area contributed by atoms with E-state index in [4.69, 9.17) is 9.47 Å². The maximum Gasteiger partial charge on any atom is 0.338 e. The third kappa shape index (κ3) is 3.87. The third-order valence-electron chi connectivity index (χ3n) is 5.13. The topological polar surface area (TPSA) is 200 Å². The largest absolute Gasteiger partial charge is 0.867 e. The van der Waals surface area contributed by atoms with Crippen molar-refractivity contribution in [2.45, 2.75) is 18.6 Å². The quantitative estimate of drug-likeness (QED) is 0.222. The van der Waals surface area contributed by atoms with Gasteiger partial charge in [-0.2, -0.15) is 0 Å². The van der Waals surface area contributed by atoms with Crippen molar-refractivity contribution in [2.24, 2.45) is 0 Å². The Labute approximate surface area is 185 Å². The summed E-state index contributed by atoms with van der Waals surface area (Å²) in [7, 11) is 0. The lowest BCUT2D eigenvalue weighted by Crippen LogP contribution is -2.34. The number of benzene rings is 3. The molecule has 172 valence electrons. The number of hydrogen-bond donors (Lipinski definition) is 7. The highest BCUT2D eigenvalue weighted by molar-refractivity contribution is 5.91.